The zero-order chi connectivity index (χ0) is 27.1. The number of aromatic nitrogens is 3. The van der Waals surface area contributed by atoms with Crippen LogP contribution in [0.2, 0.25) is 0 Å². The molecule has 0 aliphatic rings. The van der Waals surface area contributed by atoms with Gasteiger partial charge in [-0.1, -0.05) is 84.4 Å². The molecule has 0 aliphatic carbocycles. The molecule has 0 amide bonds. The summed E-state index contributed by atoms with van der Waals surface area (Å²) in [6, 6.07) is 24.1. The average molecular weight is 512 g/mol. The van der Waals surface area contributed by atoms with Gasteiger partial charge in [0.25, 0.3) is 0 Å². The standard InChI is InChI=1S/C32H37N3O3/c1-7-8-23(6)26-13-19-29(20-14-26)38-32-34-30(36-27-15-9-24(10-16-27)21(2)3)33-31(35-32)37-28-17-11-25(12-18-28)22(4)5/h9-23H,7-8H2,1-6H3. The quantitative estimate of drug-likeness (QED) is 0.200. The maximum Gasteiger partial charge on any atom is 0.331 e. The molecule has 1 unspecified atom stereocenters. The molecule has 198 valence electrons. The number of ether oxygens (including phenoxy) is 3. The molecule has 0 N–H and O–H groups in total. The Labute approximate surface area is 226 Å². The highest BCUT2D eigenvalue weighted by atomic mass is 16.5. The summed E-state index contributed by atoms with van der Waals surface area (Å²) >= 11 is 0. The fraction of sp³-hybridized carbons (Fsp3) is 0.344. The molecule has 0 saturated heterocycles. The van der Waals surface area contributed by atoms with Crippen LogP contribution in [-0.4, -0.2) is 15.0 Å². The van der Waals surface area contributed by atoms with Crippen molar-refractivity contribution in [2.45, 2.75) is 72.1 Å². The minimum absolute atomic E-state index is 0.0919. The molecule has 1 heterocycles. The van der Waals surface area contributed by atoms with Gasteiger partial charge in [0.1, 0.15) is 17.2 Å². The molecule has 0 fully saturated rings. The van der Waals surface area contributed by atoms with Crippen molar-refractivity contribution >= 4 is 0 Å². The third-order valence-corrected chi connectivity index (χ3v) is 6.47. The molecule has 6 heteroatoms. The third kappa shape index (κ3) is 7.31. The molecule has 0 radical (unpaired) electrons. The highest BCUT2D eigenvalue weighted by molar-refractivity contribution is 5.34. The van der Waals surface area contributed by atoms with Crippen molar-refractivity contribution in [2.75, 3.05) is 0 Å². The van der Waals surface area contributed by atoms with Gasteiger partial charge in [0.15, 0.2) is 0 Å². The molecule has 1 aromatic heterocycles. The molecule has 6 nitrogen and oxygen atoms in total. The highest BCUT2D eigenvalue weighted by Gasteiger charge is 2.14. The summed E-state index contributed by atoms with van der Waals surface area (Å²) in [7, 11) is 0. The maximum atomic E-state index is 6.01. The van der Waals surface area contributed by atoms with E-state index in [4.69, 9.17) is 14.2 Å². The first kappa shape index (κ1) is 27.1. The molecule has 4 aromatic rings. The minimum atomic E-state index is 0.0919. The average Bonchev–Trinajstić information content (AvgIpc) is 2.90. The Hall–Kier alpha value is -3.93. The molecule has 3 aromatic carbocycles. The SMILES string of the molecule is CCCC(C)c1ccc(Oc2nc(Oc3ccc(C(C)C)cc3)nc(Oc3ccc(C(C)C)cc3)n2)cc1. The summed E-state index contributed by atoms with van der Waals surface area (Å²) in [5.74, 6) is 3.22. The van der Waals surface area contributed by atoms with E-state index >= 15 is 0 Å². The van der Waals surface area contributed by atoms with Gasteiger partial charge in [-0.05, 0) is 77.3 Å². The van der Waals surface area contributed by atoms with Crippen molar-refractivity contribution in [1.82, 2.24) is 15.0 Å². The zero-order valence-corrected chi connectivity index (χ0v) is 23.1. The first-order chi connectivity index (χ1) is 18.3. The maximum absolute atomic E-state index is 6.01. The van der Waals surface area contributed by atoms with E-state index in [9.17, 15) is 0 Å². The summed E-state index contributed by atoms with van der Waals surface area (Å²) in [6.07, 6.45) is 2.29. The second-order valence-electron chi connectivity index (χ2n) is 10.2. The summed E-state index contributed by atoms with van der Waals surface area (Å²) in [6.45, 7) is 13.0. The van der Waals surface area contributed by atoms with Gasteiger partial charge in [-0.15, -0.1) is 15.0 Å². The molecule has 0 bridgehead atoms. The molecule has 4 rings (SSSR count). The summed E-state index contributed by atoms with van der Waals surface area (Å²) < 4.78 is 18.0. The Kier molecular flexibility index (Phi) is 8.95. The van der Waals surface area contributed by atoms with E-state index in [0.29, 0.717) is 35.0 Å². The van der Waals surface area contributed by atoms with Gasteiger partial charge in [0.05, 0.1) is 0 Å². The van der Waals surface area contributed by atoms with Crippen LogP contribution in [-0.2, 0) is 0 Å². The van der Waals surface area contributed by atoms with Crippen LogP contribution >= 0.6 is 0 Å². The lowest BCUT2D eigenvalue weighted by atomic mass is 9.97. The molecule has 0 aliphatic heterocycles. The van der Waals surface area contributed by atoms with E-state index in [2.05, 4.69) is 68.6 Å². The van der Waals surface area contributed by atoms with Crippen LogP contribution in [0.25, 0.3) is 0 Å². The van der Waals surface area contributed by atoms with Crippen molar-refractivity contribution in [3.05, 3.63) is 89.5 Å². The van der Waals surface area contributed by atoms with Crippen LogP contribution in [0.1, 0.15) is 88.8 Å². The number of benzene rings is 3. The van der Waals surface area contributed by atoms with Gasteiger partial charge in [0.2, 0.25) is 0 Å². The zero-order valence-electron chi connectivity index (χ0n) is 23.1. The van der Waals surface area contributed by atoms with Crippen molar-refractivity contribution in [3.63, 3.8) is 0 Å². The van der Waals surface area contributed by atoms with E-state index in [-0.39, 0.29) is 18.0 Å². The fourth-order valence-corrected chi connectivity index (χ4v) is 4.08. The van der Waals surface area contributed by atoms with Gasteiger partial charge < -0.3 is 14.2 Å². The summed E-state index contributed by atoms with van der Waals surface area (Å²) in [4.78, 5) is 13.2. The number of hydrogen-bond donors (Lipinski definition) is 0. The molecular formula is C32H37N3O3. The second-order valence-corrected chi connectivity index (χ2v) is 10.2. The van der Waals surface area contributed by atoms with Gasteiger partial charge in [-0.25, -0.2) is 0 Å². The Morgan fingerprint density at radius 1 is 0.500 bits per heavy atom. The number of nitrogens with zero attached hydrogens (tertiary/aromatic N) is 3. The van der Waals surface area contributed by atoms with E-state index in [1.807, 2.05) is 60.7 Å². The molecule has 38 heavy (non-hydrogen) atoms. The first-order valence-corrected chi connectivity index (χ1v) is 13.4. The van der Waals surface area contributed by atoms with Crippen molar-refractivity contribution in [3.8, 4) is 35.3 Å². The van der Waals surface area contributed by atoms with Crippen molar-refractivity contribution in [2.24, 2.45) is 0 Å². The lowest BCUT2D eigenvalue weighted by molar-refractivity contribution is 0.362. The Balaban J connectivity index is 1.59. The third-order valence-electron chi connectivity index (χ3n) is 6.47. The predicted molar refractivity (Wildman–Crippen MR) is 151 cm³/mol. The van der Waals surface area contributed by atoms with Crippen molar-refractivity contribution in [1.29, 1.82) is 0 Å². The van der Waals surface area contributed by atoms with Crippen LogP contribution < -0.4 is 14.2 Å². The van der Waals surface area contributed by atoms with Gasteiger partial charge >= 0.3 is 18.0 Å². The molecule has 1 atom stereocenters. The van der Waals surface area contributed by atoms with E-state index in [1.165, 1.54) is 16.7 Å². The fourth-order valence-electron chi connectivity index (χ4n) is 4.08. The summed E-state index contributed by atoms with van der Waals surface area (Å²) in [5.41, 5.74) is 3.72. The highest BCUT2D eigenvalue weighted by Crippen LogP contribution is 2.29. The Morgan fingerprint density at radius 2 is 0.816 bits per heavy atom. The van der Waals surface area contributed by atoms with E-state index in [1.54, 1.807) is 0 Å². The monoisotopic (exact) mass is 511 g/mol. The lowest BCUT2D eigenvalue weighted by Crippen LogP contribution is -2.01. The van der Waals surface area contributed by atoms with Gasteiger partial charge in [-0.3, -0.25) is 0 Å². The topological polar surface area (TPSA) is 66.4 Å². The Morgan fingerprint density at radius 3 is 1.11 bits per heavy atom. The molecule has 0 saturated carbocycles. The predicted octanol–water partition coefficient (Wildman–Crippen LogP) is 9.40. The van der Waals surface area contributed by atoms with Crippen LogP contribution in [0.3, 0.4) is 0 Å². The minimum Gasteiger partial charge on any atom is -0.424 e. The largest absolute Gasteiger partial charge is 0.424 e. The van der Waals surface area contributed by atoms with Gasteiger partial charge in [0, 0.05) is 0 Å². The van der Waals surface area contributed by atoms with E-state index in [0.717, 1.165) is 12.8 Å². The first-order valence-electron chi connectivity index (χ1n) is 13.4. The lowest BCUT2D eigenvalue weighted by Gasteiger charge is -2.12. The second kappa shape index (κ2) is 12.5. The number of rotatable bonds is 11. The smallest absolute Gasteiger partial charge is 0.331 e. The normalized spacial score (nSPS) is 12.0. The van der Waals surface area contributed by atoms with E-state index < -0.39 is 0 Å². The summed E-state index contributed by atoms with van der Waals surface area (Å²) in [5, 5.41) is 0. The van der Waals surface area contributed by atoms with Crippen molar-refractivity contribution < 1.29 is 14.2 Å². The Bertz CT molecular complexity index is 1230. The van der Waals surface area contributed by atoms with Gasteiger partial charge in [-0.2, -0.15) is 0 Å². The van der Waals surface area contributed by atoms with Crippen LogP contribution in [0.5, 0.6) is 35.3 Å². The van der Waals surface area contributed by atoms with Crippen LogP contribution in [0.15, 0.2) is 72.8 Å². The van der Waals surface area contributed by atoms with Crippen LogP contribution in [0, 0.1) is 0 Å². The molecular weight excluding hydrogens is 474 g/mol. The van der Waals surface area contributed by atoms with Crippen LogP contribution in [0.4, 0.5) is 0 Å². The number of hydrogen-bond acceptors (Lipinski definition) is 6. The molecule has 0 spiro atoms.